The molecule has 0 aromatic heterocycles. The van der Waals surface area contributed by atoms with Crippen LogP contribution in [0.1, 0.15) is 11.1 Å². The molecule has 1 rings (SSSR count). The lowest BCUT2D eigenvalue weighted by Gasteiger charge is -2.05. The van der Waals surface area contributed by atoms with Gasteiger partial charge in [0.2, 0.25) is 0 Å². The maximum atomic E-state index is 5.10. The van der Waals surface area contributed by atoms with Gasteiger partial charge >= 0.3 is 0 Å². The van der Waals surface area contributed by atoms with Crippen LogP contribution in [0.3, 0.4) is 0 Å². The number of hydrogen-bond acceptors (Lipinski definition) is 1. The molecule has 0 N–H and O–H groups in total. The van der Waals surface area contributed by atoms with E-state index in [9.17, 15) is 0 Å². The predicted molar refractivity (Wildman–Crippen MR) is 51.6 cm³/mol. The molecule has 0 radical (unpaired) electrons. The lowest BCUT2D eigenvalue weighted by atomic mass is 10.1. The molecule has 0 heterocycles. The van der Waals surface area contributed by atoms with E-state index in [0.29, 0.717) is 0 Å². The van der Waals surface area contributed by atoms with Crippen molar-refractivity contribution < 1.29 is 4.74 Å². The smallest absolute Gasteiger partial charge is 0.119 e. The molecule has 0 fully saturated rings. The van der Waals surface area contributed by atoms with Gasteiger partial charge in [0, 0.05) is 0 Å². The van der Waals surface area contributed by atoms with Crippen LogP contribution in [-0.2, 0) is 6.42 Å². The number of rotatable bonds is 3. The molecule has 0 aliphatic heterocycles. The lowest BCUT2D eigenvalue weighted by molar-refractivity contribution is 0.414. The molecule has 0 aliphatic rings. The van der Waals surface area contributed by atoms with Crippen LogP contribution in [0.2, 0.25) is 0 Å². The Balaban J connectivity index is 2.94. The van der Waals surface area contributed by atoms with Crippen LogP contribution in [0.25, 0.3) is 0 Å². The Hall–Kier alpha value is -1.24. The molecule has 0 unspecified atom stereocenters. The van der Waals surface area contributed by atoms with Crippen LogP contribution in [0.4, 0.5) is 0 Å². The number of hydrogen-bond donors (Lipinski definition) is 0. The SMILES string of the molecule is C=CCc1ccc(OC)cc1C. The zero-order chi connectivity index (χ0) is 8.97. The zero-order valence-electron chi connectivity index (χ0n) is 7.63. The summed E-state index contributed by atoms with van der Waals surface area (Å²) >= 11 is 0. The largest absolute Gasteiger partial charge is 0.497 e. The van der Waals surface area contributed by atoms with Crippen molar-refractivity contribution in [1.29, 1.82) is 0 Å². The van der Waals surface area contributed by atoms with E-state index in [1.165, 1.54) is 11.1 Å². The monoisotopic (exact) mass is 162 g/mol. The van der Waals surface area contributed by atoms with Crippen molar-refractivity contribution in [2.24, 2.45) is 0 Å². The first-order chi connectivity index (χ1) is 5.77. The minimum atomic E-state index is 0.917. The standard InChI is InChI=1S/C11H14O/c1-4-5-10-6-7-11(12-3)8-9(10)2/h4,6-8H,1,5H2,2-3H3. The molecule has 0 amide bonds. The Bertz CT molecular complexity index is 276. The van der Waals surface area contributed by atoms with Crippen LogP contribution < -0.4 is 4.74 Å². The highest BCUT2D eigenvalue weighted by atomic mass is 16.5. The summed E-state index contributed by atoms with van der Waals surface area (Å²) in [5.41, 5.74) is 2.57. The van der Waals surface area contributed by atoms with E-state index in [-0.39, 0.29) is 0 Å². The van der Waals surface area contributed by atoms with E-state index < -0.39 is 0 Å². The molecule has 0 aliphatic carbocycles. The minimum Gasteiger partial charge on any atom is -0.497 e. The van der Waals surface area contributed by atoms with Gasteiger partial charge in [-0.3, -0.25) is 0 Å². The molecule has 1 nitrogen and oxygen atoms in total. The molecule has 1 heteroatoms. The second-order valence-corrected chi connectivity index (χ2v) is 2.79. The number of benzene rings is 1. The number of aryl methyl sites for hydroxylation is 1. The molecule has 0 atom stereocenters. The highest BCUT2D eigenvalue weighted by molar-refractivity contribution is 5.35. The Morgan fingerprint density at radius 3 is 2.75 bits per heavy atom. The van der Waals surface area contributed by atoms with Gasteiger partial charge < -0.3 is 4.74 Å². The van der Waals surface area contributed by atoms with E-state index in [4.69, 9.17) is 4.74 Å². The van der Waals surface area contributed by atoms with Gasteiger partial charge in [-0.25, -0.2) is 0 Å². The second kappa shape index (κ2) is 3.96. The molecule has 0 saturated carbocycles. The van der Waals surface area contributed by atoms with Crippen molar-refractivity contribution in [3.8, 4) is 5.75 Å². The third-order valence-corrected chi connectivity index (χ3v) is 1.91. The Morgan fingerprint density at radius 1 is 1.50 bits per heavy atom. The minimum absolute atomic E-state index is 0.917. The van der Waals surface area contributed by atoms with Gasteiger partial charge in [0.1, 0.15) is 5.75 Å². The van der Waals surface area contributed by atoms with Gasteiger partial charge in [0.05, 0.1) is 7.11 Å². The van der Waals surface area contributed by atoms with Crippen LogP contribution in [-0.4, -0.2) is 7.11 Å². The highest BCUT2D eigenvalue weighted by Gasteiger charge is 1.97. The zero-order valence-corrected chi connectivity index (χ0v) is 7.63. The first-order valence-electron chi connectivity index (χ1n) is 4.02. The Morgan fingerprint density at radius 2 is 2.25 bits per heavy atom. The first-order valence-corrected chi connectivity index (χ1v) is 4.02. The fourth-order valence-corrected chi connectivity index (χ4v) is 1.18. The van der Waals surface area contributed by atoms with E-state index >= 15 is 0 Å². The maximum Gasteiger partial charge on any atom is 0.119 e. The number of allylic oxidation sites excluding steroid dienone is 1. The van der Waals surface area contributed by atoms with Crippen molar-refractivity contribution in [2.45, 2.75) is 13.3 Å². The summed E-state index contributed by atoms with van der Waals surface area (Å²) in [5.74, 6) is 0.917. The summed E-state index contributed by atoms with van der Waals surface area (Å²) in [6, 6.07) is 6.10. The summed E-state index contributed by atoms with van der Waals surface area (Å²) < 4.78 is 5.10. The van der Waals surface area contributed by atoms with Gasteiger partial charge in [0.25, 0.3) is 0 Å². The number of methoxy groups -OCH3 is 1. The second-order valence-electron chi connectivity index (χ2n) is 2.79. The molecule has 0 bridgehead atoms. The summed E-state index contributed by atoms with van der Waals surface area (Å²) in [6.07, 6.45) is 2.84. The topological polar surface area (TPSA) is 9.23 Å². The summed E-state index contributed by atoms with van der Waals surface area (Å²) in [4.78, 5) is 0. The van der Waals surface area contributed by atoms with Crippen molar-refractivity contribution in [3.05, 3.63) is 42.0 Å². The normalized spacial score (nSPS) is 9.50. The molecular formula is C11H14O. The first kappa shape index (κ1) is 8.85. The molecule has 1 aromatic carbocycles. The predicted octanol–water partition coefficient (Wildman–Crippen LogP) is 2.73. The van der Waals surface area contributed by atoms with E-state index in [1.807, 2.05) is 18.2 Å². The third-order valence-electron chi connectivity index (χ3n) is 1.91. The molecule has 0 saturated heterocycles. The van der Waals surface area contributed by atoms with Gasteiger partial charge in [-0.05, 0) is 36.6 Å². The maximum absolute atomic E-state index is 5.10. The lowest BCUT2D eigenvalue weighted by Crippen LogP contribution is -1.89. The molecular weight excluding hydrogens is 148 g/mol. The van der Waals surface area contributed by atoms with E-state index in [0.717, 1.165) is 12.2 Å². The summed E-state index contributed by atoms with van der Waals surface area (Å²) in [6.45, 7) is 5.79. The van der Waals surface area contributed by atoms with Crippen LogP contribution >= 0.6 is 0 Å². The van der Waals surface area contributed by atoms with Crippen LogP contribution in [0.15, 0.2) is 30.9 Å². The van der Waals surface area contributed by atoms with E-state index in [1.54, 1.807) is 7.11 Å². The highest BCUT2D eigenvalue weighted by Crippen LogP contribution is 2.17. The number of ether oxygens (including phenoxy) is 1. The fourth-order valence-electron chi connectivity index (χ4n) is 1.18. The van der Waals surface area contributed by atoms with Crippen molar-refractivity contribution >= 4 is 0 Å². The van der Waals surface area contributed by atoms with Crippen LogP contribution in [0, 0.1) is 6.92 Å². The van der Waals surface area contributed by atoms with Gasteiger partial charge in [-0.2, -0.15) is 0 Å². The molecule has 64 valence electrons. The summed E-state index contributed by atoms with van der Waals surface area (Å²) in [7, 11) is 1.68. The van der Waals surface area contributed by atoms with Crippen molar-refractivity contribution in [3.63, 3.8) is 0 Å². The molecule has 0 spiro atoms. The van der Waals surface area contributed by atoms with Crippen molar-refractivity contribution in [1.82, 2.24) is 0 Å². The fraction of sp³-hybridized carbons (Fsp3) is 0.273. The average Bonchev–Trinajstić information content (AvgIpc) is 2.09. The van der Waals surface area contributed by atoms with Crippen molar-refractivity contribution in [2.75, 3.05) is 7.11 Å². The van der Waals surface area contributed by atoms with Gasteiger partial charge in [-0.15, -0.1) is 6.58 Å². The Kier molecular flexibility index (Phi) is 2.92. The third kappa shape index (κ3) is 1.88. The van der Waals surface area contributed by atoms with E-state index in [2.05, 4.69) is 19.6 Å². The quantitative estimate of drug-likeness (QED) is 0.621. The molecule has 12 heavy (non-hydrogen) atoms. The Labute approximate surface area is 73.7 Å². The molecule has 1 aromatic rings. The van der Waals surface area contributed by atoms with Crippen LogP contribution in [0.5, 0.6) is 5.75 Å². The summed E-state index contributed by atoms with van der Waals surface area (Å²) in [5, 5.41) is 0. The van der Waals surface area contributed by atoms with Gasteiger partial charge in [-0.1, -0.05) is 12.1 Å². The van der Waals surface area contributed by atoms with Gasteiger partial charge in [0.15, 0.2) is 0 Å². The average molecular weight is 162 g/mol.